The Kier molecular flexibility index (Phi) is 3.85. The fourth-order valence-electron chi connectivity index (χ4n) is 0.640. The minimum Gasteiger partial charge on any atom is -0.242 e. The molecule has 0 atom stereocenters. The van der Waals surface area contributed by atoms with Crippen LogP contribution in [0.15, 0.2) is 0 Å². The molecule has 0 aliphatic rings. The number of rotatable bonds is 4. The molecule has 0 aliphatic carbocycles. The number of hydrogen-bond acceptors (Lipinski definition) is 3. The molecule has 0 saturated carbocycles. The van der Waals surface area contributed by atoms with Gasteiger partial charge in [0.25, 0.3) is 0 Å². The summed E-state index contributed by atoms with van der Waals surface area (Å²) in [4.78, 5) is 0. The minimum atomic E-state index is -3.05. The maximum Gasteiger partial charge on any atom is 0.223 e. The first kappa shape index (κ1) is 9.87. The molecule has 0 unspecified atom stereocenters. The molecule has 1 N–H and O–H groups in total. The Bertz CT molecular complexity index is 176. The van der Waals surface area contributed by atoms with Gasteiger partial charge in [0.15, 0.2) is 0 Å². The number of nitrogens with one attached hydrogen (secondary N) is 1. The van der Waals surface area contributed by atoms with Crippen LogP contribution in [0.25, 0.3) is 0 Å². The van der Waals surface area contributed by atoms with Gasteiger partial charge in [-0.15, -0.1) is 4.41 Å². The van der Waals surface area contributed by atoms with Crippen LogP contribution in [0.2, 0.25) is 0 Å². The van der Waals surface area contributed by atoms with Gasteiger partial charge in [0.05, 0.1) is 6.26 Å². The van der Waals surface area contributed by atoms with Gasteiger partial charge in [-0.1, -0.05) is 6.92 Å². The zero-order valence-electron chi connectivity index (χ0n) is 6.59. The zero-order chi connectivity index (χ0) is 8.20. The molecule has 0 amide bonds. The van der Waals surface area contributed by atoms with Gasteiger partial charge in [0.2, 0.25) is 10.0 Å². The lowest BCUT2D eigenvalue weighted by Crippen LogP contribution is -2.41. The van der Waals surface area contributed by atoms with Crippen LogP contribution in [-0.4, -0.2) is 32.2 Å². The van der Waals surface area contributed by atoms with Crippen molar-refractivity contribution in [2.75, 3.05) is 19.3 Å². The summed E-state index contributed by atoms with van der Waals surface area (Å²) in [6.07, 6.45) is 1.18. The molecule has 0 spiro atoms. The maximum absolute atomic E-state index is 10.8. The molecule has 0 saturated heterocycles. The van der Waals surface area contributed by atoms with Crippen molar-refractivity contribution in [3.05, 3.63) is 0 Å². The monoisotopic (exact) mass is 166 g/mol. The van der Waals surface area contributed by atoms with Gasteiger partial charge in [0.1, 0.15) is 0 Å². The molecular weight excluding hydrogens is 152 g/mol. The van der Waals surface area contributed by atoms with E-state index in [1.807, 2.05) is 6.92 Å². The minimum absolute atomic E-state index is 0.465. The highest BCUT2D eigenvalue weighted by Crippen LogP contribution is 1.89. The Morgan fingerprint density at radius 3 is 2.00 bits per heavy atom. The summed E-state index contributed by atoms with van der Waals surface area (Å²) in [6.45, 7) is 4.73. The molecule has 62 valence electrons. The van der Waals surface area contributed by atoms with Gasteiger partial charge in [0, 0.05) is 13.1 Å². The van der Waals surface area contributed by atoms with Crippen LogP contribution >= 0.6 is 0 Å². The first-order chi connectivity index (χ1) is 4.52. The third-order valence-electron chi connectivity index (χ3n) is 1.02. The van der Waals surface area contributed by atoms with Crippen molar-refractivity contribution in [1.82, 2.24) is 9.84 Å². The summed E-state index contributed by atoms with van der Waals surface area (Å²) in [5, 5.41) is 0. The van der Waals surface area contributed by atoms with E-state index in [9.17, 15) is 8.42 Å². The smallest absolute Gasteiger partial charge is 0.223 e. The molecule has 0 heterocycles. The first-order valence-electron chi connectivity index (χ1n) is 3.23. The lowest BCUT2D eigenvalue weighted by molar-refractivity contribution is 0.340. The third-order valence-corrected chi connectivity index (χ3v) is 2.21. The Morgan fingerprint density at radius 2 is 1.90 bits per heavy atom. The van der Waals surface area contributed by atoms with E-state index >= 15 is 0 Å². The van der Waals surface area contributed by atoms with E-state index in [4.69, 9.17) is 0 Å². The summed E-state index contributed by atoms with van der Waals surface area (Å²) in [7, 11) is -3.05. The highest BCUT2D eigenvalue weighted by Gasteiger charge is 2.11. The van der Waals surface area contributed by atoms with E-state index < -0.39 is 10.0 Å². The van der Waals surface area contributed by atoms with Gasteiger partial charge in [-0.25, -0.2) is 13.8 Å². The van der Waals surface area contributed by atoms with Gasteiger partial charge in [-0.3, -0.25) is 0 Å². The number of hydrogen-bond donors (Lipinski definition) is 1. The predicted octanol–water partition coefficient (Wildman–Crippen LogP) is -0.208. The number of nitrogens with zero attached hydrogens (tertiary/aromatic N) is 1. The first-order valence-corrected chi connectivity index (χ1v) is 5.08. The van der Waals surface area contributed by atoms with Gasteiger partial charge in [-0.2, -0.15) is 0 Å². The molecule has 5 heteroatoms. The Hall–Kier alpha value is -0.130. The quantitative estimate of drug-likeness (QED) is 0.588. The summed E-state index contributed by atoms with van der Waals surface area (Å²) in [5.41, 5.74) is 2.72. The summed E-state index contributed by atoms with van der Waals surface area (Å²) in [6, 6.07) is 0. The molecule has 0 aromatic carbocycles. The maximum atomic E-state index is 10.8. The molecule has 0 fully saturated rings. The lowest BCUT2D eigenvalue weighted by Gasteiger charge is -2.17. The lowest BCUT2D eigenvalue weighted by atomic mass is 10.8. The molecule has 0 rings (SSSR count). The number of sulfonamides is 1. The van der Waals surface area contributed by atoms with Crippen molar-refractivity contribution in [1.29, 1.82) is 0 Å². The van der Waals surface area contributed by atoms with E-state index in [0.29, 0.717) is 13.1 Å². The summed E-state index contributed by atoms with van der Waals surface area (Å²) < 4.78 is 22.8. The van der Waals surface area contributed by atoms with Gasteiger partial charge >= 0.3 is 0 Å². The van der Waals surface area contributed by atoms with Crippen LogP contribution in [0.5, 0.6) is 0 Å². The molecular formula is C5H14N2O2S. The Balaban J connectivity index is 4.08. The van der Waals surface area contributed by atoms with Crippen molar-refractivity contribution in [3.8, 4) is 0 Å². The molecule has 4 nitrogen and oxygen atoms in total. The van der Waals surface area contributed by atoms with Crippen LogP contribution < -0.4 is 5.43 Å². The van der Waals surface area contributed by atoms with Crippen molar-refractivity contribution in [2.45, 2.75) is 13.8 Å². The zero-order valence-corrected chi connectivity index (χ0v) is 7.40. The average molecular weight is 166 g/mol. The molecule has 0 radical (unpaired) electrons. The third kappa shape index (κ3) is 3.14. The van der Waals surface area contributed by atoms with Crippen LogP contribution in [-0.2, 0) is 10.0 Å². The standard InChI is InChI=1S/C5H14N2O2S/c1-4-6-7(5-2)10(3,8)9/h6H,4-5H2,1-3H3. The second kappa shape index (κ2) is 3.90. The van der Waals surface area contributed by atoms with Gasteiger partial charge in [-0.05, 0) is 6.92 Å². The molecule has 0 bridgehead atoms. The van der Waals surface area contributed by atoms with Gasteiger partial charge < -0.3 is 0 Å². The largest absolute Gasteiger partial charge is 0.242 e. The van der Waals surface area contributed by atoms with Crippen molar-refractivity contribution < 1.29 is 8.42 Å². The molecule has 0 aliphatic heterocycles. The Morgan fingerprint density at radius 1 is 1.40 bits per heavy atom. The SMILES string of the molecule is CCNN(CC)S(C)(=O)=O. The molecule has 0 aromatic rings. The summed E-state index contributed by atoms with van der Waals surface area (Å²) >= 11 is 0. The topological polar surface area (TPSA) is 49.4 Å². The Labute approximate surface area is 62.2 Å². The highest BCUT2D eigenvalue weighted by atomic mass is 32.2. The predicted molar refractivity (Wildman–Crippen MR) is 40.9 cm³/mol. The van der Waals surface area contributed by atoms with Crippen molar-refractivity contribution >= 4 is 10.0 Å². The van der Waals surface area contributed by atoms with Crippen molar-refractivity contribution in [3.63, 3.8) is 0 Å². The van der Waals surface area contributed by atoms with E-state index in [1.165, 1.54) is 10.7 Å². The number of hydrazine groups is 1. The van der Waals surface area contributed by atoms with Crippen LogP contribution in [0.1, 0.15) is 13.8 Å². The molecule has 10 heavy (non-hydrogen) atoms. The summed E-state index contributed by atoms with van der Waals surface area (Å²) in [5.74, 6) is 0. The molecule has 0 aromatic heterocycles. The fraction of sp³-hybridized carbons (Fsp3) is 1.00. The van der Waals surface area contributed by atoms with E-state index in [0.717, 1.165) is 0 Å². The van der Waals surface area contributed by atoms with Crippen molar-refractivity contribution in [2.24, 2.45) is 0 Å². The highest BCUT2D eigenvalue weighted by molar-refractivity contribution is 7.88. The van der Waals surface area contributed by atoms with Crippen LogP contribution in [0, 0.1) is 0 Å². The second-order valence-corrected chi connectivity index (χ2v) is 3.85. The average Bonchev–Trinajstić information content (AvgIpc) is 1.80. The fourth-order valence-corrected chi connectivity index (χ4v) is 1.47. The van der Waals surface area contributed by atoms with Crippen LogP contribution in [0.3, 0.4) is 0 Å². The van der Waals surface area contributed by atoms with E-state index in [-0.39, 0.29) is 0 Å². The van der Waals surface area contributed by atoms with E-state index in [1.54, 1.807) is 6.92 Å². The normalized spacial score (nSPS) is 12.4. The van der Waals surface area contributed by atoms with Crippen LogP contribution in [0.4, 0.5) is 0 Å². The van der Waals surface area contributed by atoms with E-state index in [2.05, 4.69) is 5.43 Å². The second-order valence-electron chi connectivity index (χ2n) is 1.94.